The van der Waals surface area contributed by atoms with Gasteiger partial charge in [-0.2, -0.15) is 0 Å². The molecule has 0 bridgehead atoms. The highest BCUT2D eigenvalue weighted by Crippen LogP contribution is 2.17. The number of ether oxygens (including phenoxy) is 1. The highest BCUT2D eigenvalue weighted by molar-refractivity contribution is 4.77. The van der Waals surface area contributed by atoms with E-state index < -0.39 is 24.8 Å². The van der Waals surface area contributed by atoms with Crippen molar-refractivity contribution in [1.82, 2.24) is 4.90 Å². The van der Waals surface area contributed by atoms with E-state index in [1.807, 2.05) is 0 Å². The molecule has 0 saturated carbocycles. The fourth-order valence-electron chi connectivity index (χ4n) is 1.07. The summed E-state index contributed by atoms with van der Waals surface area (Å²) in [6, 6.07) is 0. The highest BCUT2D eigenvalue weighted by atomic mass is 16.6. The maximum Gasteiger partial charge on any atom is 0.186 e. The summed E-state index contributed by atoms with van der Waals surface area (Å²) in [7, 11) is 1.47. The van der Waals surface area contributed by atoms with E-state index >= 15 is 0 Å². The molecule has 6 nitrogen and oxygen atoms in total. The number of rotatable bonds is 1. The Morgan fingerprint density at radius 2 is 1.92 bits per heavy atom. The monoisotopic (exact) mass is 179 g/mol. The van der Waals surface area contributed by atoms with Crippen LogP contribution in [0.4, 0.5) is 0 Å². The minimum absolute atomic E-state index is 0.350. The molecule has 0 amide bonds. The Kier molecular flexibility index (Phi) is 2.99. The molecule has 1 aliphatic heterocycles. The van der Waals surface area contributed by atoms with E-state index in [1.54, 1.807) is 0 Å². The Bertz CT molecular complexity index is 150. The molecular weight excluding hydrogens is 166 g/mol. The van der Waals surface area contributed by atoms with Gasteiger partial charge < -0.3 is 25.2 Å². The van der Waals surface area contributed by atoms with Crippen LogP contribution in [0.25, 0.3) is 0 Å². The molecule has 1 rings (SSSR count). The standard InChI is InChI=1S/C6H13NO5/c1-7-3(2-8)12-6(11)4(9)5(7)10/h3-6,8-11H,2H2,1H3. The van der Waals surface area contributed by atoms with Gasteiger partial charge in [-0.15, -0.1) is 0 Å². The topological polar surface area (TPSA) is 93.4 Å². The summed E-state index contributed by atoms with van der Waals surface area (Å²) >= 11 is 0. The number of aliphatic hydroxyl groups is 4. The third-order valence-corrected chi connectivity index (χ3v) is 1.92. The molecular formula is C6H13NO5. The molecule has 1 heterocycles. The van der Waals surface area contributed by atoms with Gasteiger partial charge in [0.2, 0.25) is 0 Å². The van der Waals surface area contributed by atoms with Gasteiger partial charge in [0, 0.05) is 0 Å². The minimum Gasteiger partial charge on any atom is -0.392 e. The molecule has 0 aromatic carbocycles. The molecule has 0 radical (unpaired) electrons. The van der Waals surface area contributed by atoms with Crippen LogP contribution in [0.3, 0.4) is 0 Å². The number of hydrogen-bond acceptors (Lipinski definition) is 6. The smallest absolute Gasteiger partial charge is 0.186 e. The van der Waals surface area contributed by atoms with E-state index in [0.29, 0.717) is 0 Å². The molecule has 4 unspecified atom stereocenters. The summed E-state index contributed by atoms with van der Waals surface area (Å²) in [6.07, 6.45) is -4.81. The van der Waals surface area contributed by atoms with Crippen LogP contribution in [0.15, 0.2) is 0 Å². The maximum absolute atomic E-state index is 9.24. The molecule has 0 aromatic heterocycles. The van der Waals surface area contributed by atoms with Crippen LogP contribution in [0, 0.1) is 0 Å². The van der Waals surface area contributed by atoms with Gasteiger partial charge in [-0.25, -0.2) is 0 Å². The van der Waals surface area contributed by atoms with Crippen molar-refractivity contribution in [3.05, 3.63) is 0 Å². The number of hydrogen-bond donors (Lipinski definition) is 4. The Hall–Kier alpha value is -0.240. The van der Waals surface area contributed by atoms with Gasteiger partial charge in [0.15, 0.2) is 6.29 Å². The fourth-order valence-corrected chi connectivity index (χ4v) is 1.07. The summed E-state index contributed by atoms with van der Waals surface area (Å²) in [5, 5.41) is 36.0. The van der Waals surface area contributed by atoms with Crippen LogP contribution < -0.4 is 0 Å². The molecule has 0 aromatic rings. The third kappa shape index (κ3) is 1.58. The van der Waals surface area contributed by atoms with Crippen molar-refractivity contribution >= 4 is 0 Å². The van der Waals surface area contributed by atoms with Crippen molar-refractivity contribution in [1.29, 1.82) is 0 Å². The van der Waals surface area contributed by atoms with E-state index in [0.717, 1.165) is 0 Å². The first-order chi connectivity index (χ1) is 5.57. The van der Waals surface area contributed by atoms with Crippen molar-refractivity contribution in [3.8, 4) is 0 Å². The summed E-state index contributed by atoms with van der Waals surface area (Å²) in [5.41, 5.74) is 0. The molecule has 1 saturated heterocycles. The molecule has 6 heteroatoms. The average Bonchev–Trinajstić information content (AvgIpc) is 2.08. The predicted octanol–water partition coefficient (Wildman–Crippen LogP) is -2.74. The molecule has 12 heavy (non-hydrogen) atoms. The van der Waals surface area contributed by atoms with E-state index in [4.69, 9.17) is 20.1 Å². The maximum atomic E-state index is 9.24. The first kappa shape index (κ1) is 9.85. The van der Waals surface area contributed by atoms with Crippen molar-refractivity contribution in [3.63, 3.8) is 0 Å². The van der Waals surface area contributed by atoms with Crippen molar-refractivity contribution in [2.45, 2.75) is 24.8 Å². The summed E-state index contributed by atoms with van der Waals surface area (Å²) in [6.45, 7) is -0.350. The lowest BCUT2D eigenvalue weighted by Gasteiger charge is -2.40. The average molecular weight is 179 g/mol. The SMILES string of the molecule is CN1C(CO)OC(O)C(O)C1O. The second-order valence-electron chi connectivity index (χ2n) is 2.73. The van der Waals surface area contributed by atoms with Crippen LogP contribution in [-0.2, 0) is 4.74 Å². The fraction of sp³-hybridized carbons (Fsp3) is 1.00. The second-order valence-corrected chi connectivity index (χ2v) is 2.73. The summed E-state index contributed by atoms with van der Waals surface area (Å²) in [4.78, 5) is 1.23. The summed E-state index contributed by atoms with van der Waals surface area (Å²) in [5.74, 6) is 0. The molecule has 4 atom stereocenters. The zero-order valence-electron chi connectivity index (χ0n) is 6.66. The van der Waals surface area contributed by atoms with Gasteiger partial charge in [-0.05, 0) is 7.05 Å². The quantitative estimate of drug-likeness (QED) is 0.349. The zero-order chi connectivity index (χ0) is 9.30. The molecule has 72 valence electrons. The molecule has 1 aliphatic rings. The van der Waals surface area contributed by atoms with E-state index in [9.17, 15) is 5.11 Å². The zero-order valence-corrected chi connectivity index (χ0v) is 6.66. The normalized spacial score (nSPS) is 44.8. The van der Waals surface area contributed by atoms with Crippen LogP contribution in [-0.4, -0.2) is 63.8 Å². The number of nitrogens with zero attached hydrogens (tertiary/aromatic N) is 1. The number of aliphatic hydroxyl groups excluding tert-OH is 4. The van der Waals surface area contributed by atoms with E-state index in [-0.39, 0.29) is 6.61 Å². The third-order valence-electron chi connectivity index (χ3n) is 1.92. The summed E-state index contributed by atoms with van der Waals surface area (Å²) < 4.78 is 4.75. The molecule has 1 fully saturated rings. The van der Waals surface area contributed by atoms with Gasteiger partial charge in [0.1, 0.15) is 18.6 Å². The van der Waals surface area contributed by atoms with Crippen LogP contribution in [0.1, 0.15) is 0 Å². The van der Waals surface area contributed by atoms with E-state index in [2.05, 4.69) is 0 Å². The lowest BCUT2D eigenvalue weighted by molar-refractivity contribution is -0.314. The van der Waals surface area contributed by atoms with Crippen LogP contribution in [0.2, 0.25) is 0 Å². The predicted molar refractivity (Wildman–Crippen MR) is 37.7 cm³/mol. The number of likely N-dealkylation sites (N-methyl/N-ethyl adjacent to an activating group) is 1. The lowest BCUT2D eigenvalue weighted by Crippen LogP contribution is -2.60. The van der Waals surface area contributed by atoms with Gasteiger partial charge in [-0.3, -0.25) is 4.90 Å². The molecule has 4 N–H and O–H groups in total. The first-order valence-corrected chi connectivity index (χ1v) is 3.60. The highest BCUT2D eigenvalue weighted by Gasteiger charge is 2.39. The second kappa shape index (κ2) is 3.65. The van der Waals surface area contributed by atoms with E-state index in [1.165, 1.54) is 11.9 Å². The Labute approximate surface area is 69.6 Å². The Balaban J connectivity index is 2.63. The largest absolute Gasteiger partial charge is 0.392 e. The van der Waals surface area contributed by atoms with Gasteiger partial charge in [0.25, 0.3) is 0 Å². The van der Waals surface area contributed by atoms with Gasteiger partial charge >= 0.3 is 0 Å². The molecule has 0 spiro atoms. The van der Waals surface area contributed by atoms with Gasteiger partial charge in [0.05, 0.1) is 6.61 Å². The van der Waals surface area contributed by atoms with Gasteiger partial charge in [-0.1, -0.05) is 0 Å². The van der Waals surface area contributed by atoms with Crippen molar-refractivity contribution in [2.24, 2.45) is 0 Å². The minimum atomic E-state index is -1.45. The van der Waals surface area contributed by atoms with Crippen LogP contribution in [0.5, 0.6) is 0 Å². The van der Waals surface area contributed by atoms with Crippen molar-refractivity contribution < 1.29 is 25.2 Å². The Morgan fingerprint density at radius 1 is 1.33 bits per heavy atom. The first-order valence-electron chi connectivity index (χ1n) is 3.60. The van der Waals surface area contributed by atoms with Crippen molar-refractivity contribution in [2.75, 3.05) is 13.7 Å². The lowest BCUT2D eigenvalue weighted by atomic mass is 10.2. The molecule has 0 aliphatic carbocycles. The van der Waals surface area contributed by atoms with Crippen LogP contribution >= 0.6 is 0 Å². The Morgan fingerprint density at radius 3 is 2.42 bits per heavy atom.